The molecule has 0 aliphatic heterocycles. The van der Waals surface area contributed by atoms with E-state index in [1.165, 1.54) is 0 Å². The number of phenolic OH excluding ortho intramolecular Hbond substituents is 1. The molecule has 0 heterocycles. The molecule has 0 aliphatic rings. The Labute approximate surface area is 178 Å². The highest BCUT2D eigenvalue weighted by atomic mass is 16.4. The van der Waals surface area contributed by atoms with Gasteiger partial charge in [0.2, 0.25) is 0 Å². The summed E-state index contributed by atoms with van der Waals surface area (Å²) in [5.74, 6) is -2.87. The number of benzene rings is 2. The standard InChI is InChI=1S/C25H32O5/c1-23(2,3)18-12-17(20(26)19(13-18)24(4,5)6)15-25(21(27)28,22(29)30)14-16-10-8-7-9-11-16/h7-13,26H,14-15H2,1-6H3,(H,27,28)(H,29,30). The van der Waals surface area contributed by atoms with Crippen LogP contribution < -0.4 is 0 Å². The summed E-state index contributed by atoms with van der Waals surface area (Å²) >= 11 is 0. The predicted molar refractivity (Wildman–Crippen MR) is 117 cm³/mol. The maximum atomic E-state index is 12.3. The van der Waals surface area contributed by atoms with Crippen molar-refractivity contribution in [2.45, 2.75) is 65.2 Å². The predicted octanol–water partition coefficient (Wildman–Crippen LogP) is 4.93. The number of aliphatic carboxylic acids is 2. The van der Waals surface area contributed by atoms with Crippen molar-refractivity contribution < 1.29 is 24.9 Å². The summed E-state index contributed by atoms with van der Waals surface area (Å²) in [5, 5.41) is 31.0. The minimum absolute atomic E-state index is 0.0320. The van der Waals surface area contributed by atoms with Gasteiger partial charge in [0.25, 0.3) is 0 Å². The van der Waals surface area contributed by atoms with Gasteiger partial charge in [-0.3, -0.25) is 9.59 Å². The summed E-state index contributed by atoms with van der Waals surface area (Å²) in [4.78, 5) is 24.6. The first-order chi connectivity index (χ1) is 13.7. The third kappa shape index (κ3) is 4.84. The molecule has 0 radical (unpaired) electrons. The Morgan fingerprint density at radius 2 is 1.33 bits per heavy atom. The molecule has 0 saturated heterocycles. The molecule has 0 unspecified atom stereocenters. The first-order valence-electron chi connectivity index (χ1n) is 10.1. The molecule has 3 N–H and O–H groups in total. The minimum Gasteiger partial charge on any atom is -0.507 e. The Bertz CT molecular complexity index is 916. The van der Waals surface area contributed by atoms with Gasteiger partial charge in [-0.05, 0) is 39.5 Å². The third-order valence-corrected chi connectivity index (χ3v) is 5.52. The number of carboxylic acid groups (broad SMARTS) is 2. The smallest absolute Gasteiger partial charge is 0.321 e. The second-order valence-electron chi connectivity index (χ2n) is 10.1. The molecule has 0 aromatic heterocycles. The summed E-state index contributed by atoms with van der Waals surface area (Å²) in [5.41, 5.74) is -0.187. The molecule has 0 aliphatic carbocycles. The van der Waals surface area contributed by atoms with Crippen LogP contribution >= 0.6 is 0 Å². The van der Waals surface area contributed by atoms with Gasteiger partial charge in [0.15, 0.2) is 5.41 Å². The Morgan fingerprint density at radius 3 is 1.77 bits per heavy atom. The van der Waals surface area contributed by atoms with Crippen LogP contribution in [0, 0.1) is 5.41 Å². The van der Waals surface area contributed by atoms with E-state index in [1.54, 1.807) is 36.4 Å². The molecule has 30 heavy (non-hydrogen) atoms. The van der Waals surface area contributed by atoms with Crippen molar-refractivity contribution in [3.8, 4) is 5.75 Å². The van der Waals surface area contributed by atoms with Crippen LogP contribution in [0.15, 0.2) is 42.5 Å². The van der Waals surface area contributed by atoms with Crippen molar-refractivity contribution in [3.63, 3.8) is 0 Å². The van der Waals surface area contributed by atoms with E-state index in [0.717, 1.165) is 5.56 Å². The molecule has 0 bridgehead atoms. The van der Waals surface area contributed by atoms with Crippen LogP contribution in [-0.2, 0) is 33.3 Å². The lowest BCUT2D eigenvalue weighted by molar-refractivity contribution is -0.164. The van der Waals surface area contributed by atoms with Gasteiger partial charge in [-0.1, -0.05) is 84.0 Å². The SMILES string of the molecule is CC(C)(C)c1cc(CC(Cc2ccccc2)(C(=O)O)C(=O)O)c(O)c(C(C)(C)C)c1. The second kappa shape index (κ2) is 8.13. The van der Waals surface area contributed by atoms with Crippen molar-refractivity contribution in [3.05, 3.63) is 64.7 Å². The molecule has 0 atom stereocenters. The van der Waals surface area contributed by atoms with Crippen LogP contribution in [0.1, 0.15) is 63.8 Å². The fourth-order valence-electron chi connectivity index (χ4n) is 3.56. The van der Waals surface area contributed by atoms with Crippen LogP contribution in [0.3, 0.4) is 0 Å². The van der Waals surface area contributed by atoms with Gasteiger partial charge in [0.1, 0.15) is 5.75 Å². The monoisotopic (exact) mass is 412 g/mol. The van der Waals surface area contributed by atoms with Gasteiger partial charge in [-0.15, -0.1) is 0 Å². The van der Waals surface area contributed by atoms with E-state index in [1.807, 2.05) is 47.6 Å². The van der Waals surface area contributed by atoms with Gasteiger partial charge in [0, 0.05) is 6.42 Å². The molecule has 2 rings (SSSR count). The van der Waals surface area contributed by atoms with Crippen molar-refractivity contribution in [1.29, 1.82) is 0 Å². The Hall–Kier alpha value is -2.82. The quantitative estimate of drug-likeness (QED) is 0.585. The molecule has 0 saturated carbocycles. The largest absolute Gasteiger partial charge is 0.507 e. The second-order valence-corrected chi connectivity index (χ2v) is 10.1. The highest BCUT2D eigenvalue weighted by molar-refractivity contribution is 5.99. The van der Waals surface area contributed by atoms with E-state index in [9.17, 15) is 24.9 Å². The fraction of sp³-hybridized carbons (Fsp3) is 0.440. The normalized spacial score (nSPS) is 12.6. The van der Waals surface area contributed by atoms with Crippen LogP contribution in [0.25, 0.3) is 0 Å². The molecular formula is C25H32O5. The zero-order valence-corrected chi connectivity index (χ0v) is 18.6. The molecule has 5 heteroatoms. The zero-order valence-electron chi connectivity index (χ0n) is 18.6. The summed E-state index contributed by atoms with van der Waals surface area (Å²) in [7, 11) is 0. The lowest BCUT2D eigenvalue weighted by Gasteiger charge is -2.30. The number of hydrogen-bond acceptors (Lipinski definition) is 3. The van der Waals surface area contributed by atoms with Crippen LogP contribution in [0.2, 0.25) is 0 Å². The summed E-state index contributed by atoms with van der Waals surface area (Å²) in [6.07, 6.45) is -0.492. The Balaban J connectivity index is 2.70. The van der Waals surface area contributed by atoms with Gasteiger partial charge in [-0.2, -0.15) is 0 Å². The lowest BCUT2D eigenvalue weighted by Crippen LogP contribution is -2.43. The van der Waals surface area contributed by atoms with Crippen LogP contribution in [0.5, 0.6) is 5.75 Å². The van der Waals surface area contributed by atoms with E-state index in [2.05, 4.69) is 0 Å². The van der Waals surface area contributed by atoms with Crippen molar-refractivity contribution in [2.75, 3.05) is 0 Å². The molecule has 5 nitrogen and oxygen atoms in total. The minimum atomic E-state index is -2.09. The Kier molecular flexibility index (Phi) is 6.36. The Morgan fingerprint density at radius 1 is 0.800 bits per heavy atom. The summed E-state index contributed by atoms with van der Waals surface area (Å²) < 4.78 is 0. The molecule has 0 spiro atoms. The first-order valence-corrected chi connectivity index (χ1v) is 10.1. The van der Waals surface area contributed by atoms with Gasteiger partial charge in [-0.25, -0.2) is 0 Å². The van der Waals surface area contributed by atoms with E-state index in [-0.39, 0.29) is 24.0 Å². The number of hydrogen-bond donors (Lipinski definition) is 3. The van der Waals surface area contributed by atoms with Gasteiger partial charge in [0.05, 0.1) is 0 Å². The maximum Gasteiger partial charge on any atom is 0.321 e. The molecule has 0 amide bonds. The molecule has 162 valence electrons. The van der Waals surface area contributed by atoms with Crippen LogP contribution in [0.4, 0.5) is 0 Å². The average molecular weight is 413 g/mol. The highest BCUT2D eigenvalue weighted by Crippen LogP contribution is 2.41. The number of phenols is 1. The van der Waals surface area contributed by atoms with Gasteiger partial charge >= 0.3 is 11.9 Å². The van der Waals surface area contributed by atoms with E-state index in [4.69, 9.17) is 0 Å². The topological polar surface area (TPSA) is 94.8 Å². The summed E-state index contributed by atoms with van der Waals surface area (Å²) in [6.45, 7) is 12.0. The molecule has 0 fully saturated rings. The third-order valence-electron chi connectivity index (χ3n) is 5.52. The number of aromatic hydroxyl groups is 1. The maximum absolute atomic E-state index is 12.3. The van der Waals surface area contributed by atoms with Gasteiger partial charge < -0.3 is 15.3 Å². The molecule has 2 aromatic carbocycles. The number of carbonyl (C=O) groups is 2. The van der Waals surface area contributed by atoms with Crippen molar-refractivity contribution >= 4 is 11.9 Å². The van der Waals surface area contributed by atoms with Crippen molar-refractivity contribution in [2.24, 2.45) is 5.41 Å². The lowest BCUT2D eigenvalue weighted by atomic mass is 9.73. The number of rotatable bonds is 6. The van der Waals surface area contributed by atoms with E-state index < -0.39 is 22.8 Å². The molecule has 2 aromatic rings. The summed E-state index contributed by atoms with van der Waals surface area (Å²) in [6, 6.07) is 12.4. The fourth-order valence-corrected chi connectivity index (χ4v) is 3.56. The van der Waals surface area contributed by atoms with Crippen molar-refractivity contribution in [1.82, 2.24) is 0 Å². The highest BCUT2D eigenvalue weighted by Gasteiger charge is 2.47. The number of carboxylic acids is 2. The van der Waals surface area contributed by atoms with E-state index >= 15 is 0 Å². The van der Waals surface area contributed by atoms with Crippen LogP contribution in [-0.4, -0.2) is 27.3 Å². The zero-order chi connectivity index (χ0) is 22.9. The van der Waals surface area contributed by atoms with E-state index in [0.29, 0.717) is 16.7 Å². The average Bonchev–Trinajstić information content (AvgIpc) is 2.61. The first kappa shape index (κ1) is 23.5. The molecular weight excluding hydrogens is 380 g/mol.